The van der Waals surface area contributed by atoms with Gasteiger partial charge in [-0.1, -0.05) is 25.4 Å². The van der Waals surface area contributed by atoms with E-state index in [-0.39, 0.29) is 6.04 Å². The number of thiazole rings is 1. The van der Waals surface area contributed by atoms with Gasteiger partial charge in [0.1, 0.15) is 12.0 Å². The van der Waals surface area contributed by atoms with Crippen LogP contribution in [0.2, 0.25) is 5.15 Å². The minimum absolute atomic E-state index is 0.0526. The Bertz CT molecular complexity index is 584. The summed E-state index contributed by atoms with van der Waals surface area (Å²) in [5.74, 6) is 1.13. The summed E-state index contributed by atoms with van der Waals surface area (Å²) in [7, 11) is 1.79. The van der Waals surface area contributed by atoms with E-state index in [4.69, 9.17) is 11.6 Å². The van der Waals surface area contributed by atoms with Crippen molar-refractivity contribution in [3.8, 4) is 0 Å². The van der Waals surface area contributed by atoms with Crippen molar-refractivity contribution in [3.05, 3.63) is 27.6 Å². The zero-order valence-electron chi connectivity index (χ0n) is 11.9. The second kappa shape index (κ2) is 6.37. The van der Waals surface area contributed by atoms with Crippen LogP contribution in [0.1, 0.15) is 43.4 Å². The summed E-state index contributed by atoms with van der Waals surface area (Å²) in [6.07, 6.45) is 1.44. The number of rotatable bonds is 5. The molecule has 2 N–H and O–H groups in total. The van der Waals surface area contributed by atoms with Gasteiger partial charge in [0.05, 0.1) is 16.7 Å². The number of nitrogens with zero attached hydrogens (tertiary/aromatic N) is 3. The largest absolute Gasteiger partial charge is 0.383 e. The summed E-state index contributed by atoms with van der Waals surface area (Å²) >= 11 is 7.72. The Kier molecular flexibility index (Phi) is 4.77. The highest BCUT2D eigenvalue weighted by Crippen LogP contribution is 2.29. The van der Waals surface area contributed by atoms with E-state index >= 15 is 0 Å². The molecule has 108 valence electrons. The van der Waals surface area contributed by atoms with Crippen molar-refractivity contribution in [2.24, 2.45) is 0 Å². The Morgan fingerprint density at radius 1 is 1.25 bits per heavy atom. The van der Waals surface area contributed by atoms with Crippen molar-refractivity contribution in [1.29, 1.82) is 0 Å². The van der Waals surface area contributed by atoms with E-state index in [9.17, 15) is 0 Å². The molecule has 2 rings (SSSR count). The SMILES string of the molecule is CNc1c(Cl)ncnc1NC(C)c1csc(C(C)C)n1. The Balaban J connectivity index is 2.18. The van der Waals surface area contributed by atoms with E-state index in [0.29, 0.717) is 22.6 Å². The number of halogens is 1. The standard InChI is InChI=1S/C13H18ClN5S/c1-7(2)13-19-9(5-20-13)8(3)18-12-10(15-4)11(14)16-6-17-12/h5-8,15H,1-4H3,(H,16,17,18). The summed E-state index contributed by atoms with van der Waals surface area (Å²) < 4.78 is 0. The number of aromatic nitrogens is 3. The maximum atomic E-state index is 6.04. The summed E-state index contributed by atoms with van der Waals surface area (Å²) in [6.45, 7) is 6.34. The minimum atomic E-state index is 0.0526. The van der Waals surface area contributed by atoms with Gasteiger partial charge in [0.15, 0.2) is 11.0 Å². The van der Waals surface area contributed by atoms with Crippen molar-refractivity contribution in [2.45, 2.75) is 32.7 Å². The van der Waals surface area contributed by atoms with Gasteiger partial charge in [-0.15, -0.1) is 11.3 Å². The first-order valence-corrected chi connectivity index (χ1v) is 7.68. The van der Waals surface area contributed by atoms with Crippen LogP contribution in [0.15, 0.2) is 11.7 Å². The first kappa shape index (κ1) is 15.0. The Morgan fingerprint density at radius 2 is 2.00 bits per heavy atom. The van der Waals surface area contributed by atoms with E-state index in [0.717, 1.165) is 10.7 Å². The lowest BCUT2D eigenvalue weighted by Gasteiger charge is -2.15. The van der Waals surface area contributed by atoms with Gasteiger partial charge in [0, 0.05) is 18.3 Å². The third kappa shape index (κ3) is 3.19. The third-order valence-corrected chi connectivity index (χ3v) is 4.33. The van der Waals surface area contributed by atoms with Gasteiger partial charge in [-0.3, -0.25) is 0 Å². The molecule has 0 fully saturated rings. The van der Waals surface area contributed by atoms with Gasteiger partial charge in [-0.05, 0) is 6.92 Å². The van der Waals surface area contributed by atoms with Crippen molar-refractivity contribution < 1.29 is 0 Å². The van der Waals surface area contributed by atoms with Gasteiger partial charge < -0.3 is 10.6 Å². The highest BCUT2D eigenvalue weighted by molar-refractivity contribution is 7.09. The van der Waals surface area contributed by atoms with Crippen LogP contribution in [-0.2, 0) is 0 Å². The molecule has 0 spiro atoms. The van der Waals surface area contributed by atoms with Crippen molar-refractivity contribution >= 4 is 34.4 Å². The molecule has 7 heteroatoms. The van der Waals surface area contributed by atoms with E-state index in [1.54, 1.807) is 18.4 Å². The van der Waals surface area contributed by atoms with Gasteiger partial charge in [-0.2, -0.15) is 0 Å². The van der Waals surface area contributed by atoms with Crippen LogP contribution in [-0.4, -0.2) is 22.0 Å². The molecule has 0 amide bonds. The fourth-order valence-corrected chi connectivity index (χ4v) is 2.90. The molecule has 0 aliphatic carbocycles. The van der Waals surface area contributed by atoms with Crippen LogP contribution in [0.25, 0.3) is 0 Å². The average Bonchev–Trinajstić information content (AvgIpc) is 2.89. The third-order valence-electron chi connectivity index (χ3n) is 2.88. The summed E-state index contributed by atoms with van der Waals surface area (Å²) in [4.78, 5) is 12.8. The maximum absolute atomic E-state index is 6.04. The van der Waals surface area contributed by atoms with Gasteiger partial charge in [0.25, 0.3) is 0 Å². The lowest BCUT2D eigenvalue weighted by atomic mass is 10.2. The number of hydrogen-bond acceptors (Lipinski definition) is 6. The summed E-state index contributed by atoms with van der Waals surface area (Å²) in [5, 5.41) is 9.95. The predicted octanol–water partition coefficient (Wildman–Crippen LogP) is 3.92. The minimum Gasteiger partial charge on any atom is -0.383 e. The molecular weight excluding hydrogens is 294 g/mol. The molecule has 0 aliphatic rings. The molecule has 20 heavy (non-hydrogen) atoms. The lowest BCUT2D eigenvalue weighted by molar-refractivity contribution is 0.798. The fraction of sp³-hybridized carbons (Fsp3) is 0.462. The van der Waals surface area contributed by atoms with Crippen LogP contribution < -0.4 is 10.6 Å². The second-order valence-electron chi connectivity index (χ2n) is 4.77. The van der Waals surface area contributed by atoms with E-state index < -0.39 is 0 Å². The average molecular weight is 312 g/mol. The molecule has 0 aromatic carbocycles. The molecule has 0 radical (unpaired) electrons. The van der Waals surface area contributed by atoms with E-state index in [2.05, 4.69) is 51.7 Å². The molecule has 5 nitrogen and oxygen atoms in total. The van der Waals surface area contributed by atoms with Gasteiger partial charge in [-0.25, -0.2) is 15.0 Å². The maximum Gasteiger partial charge on any atom is 0.157 e. The highest BCUT2D eigenvalue weighted by atomic mass is 35.5. The van der Waals surface area contributed by atoms with Crippen LogP contribution in [0.4, 0.5) is 11.5 Å². The molecule has 1 atom stereocenters. The van der Waals surface area contributed by atoms with Crippen molar-refractivity contribution in [3.63, 3.8) is 0 Å². The molecule has 0 bridgehead atoms. The van der Waals surface area contributed by atoms with Crippen LogP contribution in [0.3, 0.4) is 0 Å². The molecule has 0 saturated carbocycles. The van der Waals surface area contributed by atoms with Crippen LogP contribution in [0, 0.1) is 0 Å². The van der Waals surface area contributed by atoms with Gasteiger partial charge >= 0.3 is 0 Å². The number of nitrogens with one attached hydrogen (secondary N) is 2. The summed E-state index contributed by atoms with van der Waals surface area (Å²) in [6, 6.07) is 0.0526. The highest BCUT2D eigenvalue weighted by Gasteiger charge is 2.15. The quantitative estimate of drug-likeness (QED) is 0.819. The molecular formula is C13H18ClN5S. The predicted molar refractivity (Wildman–Crippen MR) is 84.8 cm³/mol. The molecule has 2 heterocycles. The first-order valence-electron chi connectivity index (χ1n) is 6.43. The molecule has 2 aromatic heterocycles. The summed E-state index contributed by atoms with van der Waals surface area (Å²) in [5.41, 5.74) is 1.70. The van der Waals surface area contributed by atoms with Crippen LogP contribution in [0.5, 0.6) is 0 Å². The van der Waals surface area contributed by atoms with Crippen LogP contribution >= 0.6 is 22.9 Å². The monoisotopic (exact) mass is 311 g/mol. The zero-order chi connectivity index (χ0) is 14.7. The molecule has 2 aromatic rings. The molecule has 1 unspecified atom stereocenters. The first-order chi connectivity index (χ1) is 9.52. The smallest absolute Gasteiger partial charge is 0.157 e. The Morgan fingerprint density at radius 3 is 2.60 bits per heavy atom. The second-order valence-corrected chi connectivity index (χ2v) is 6.02. The molecule has 0 saturated heterocycles. The van der Waals surface area contributed by atoms with Crippen molar-refractivity contribution in [2.75, 3.05) is 17.7 Å². The topological polar surface area (TPSA) is 62.7 Å². The molecule has 0 aliphatic heterocycles. The normalized spacial score (nSPS) is 12.5. The Labute approximate surface area is 127 Å². The number of hydrogen-bond donors (Lipinski definition) is 2. The lowest BCUT2D eigenvalue weighted by Crippen LogP contribution is -2.11. The van der Waals surface area contributed by atoms with Crippen molar-refractivity contribution in [1.82, 2.24) is 15.0 Å². The zero-order valence-corrected chi connectivity index (χ0v) is 13.5. The Hall–Kier alpha value is -1.40. The van der Waals surface area contributed by atoms with E-state index in [1.165, 1.54) is 6.33 Å². The van der Waals surface area contributed by atoms with E-state index in [1.807, 2.05) is 0 Å². The fourth-order valence-electron chi connectivity index (χ4n) is 1.74. The van der Waals surface area contributed by atoms with Gasteiger partial charge in [0.2, 0.25) is 0 Å². The number of anilines is 2.